The molecular formula is C19H17ClN4O5. The normalized spacial score (nSPS) is 12.5. The fraction of sp³-hybridized carbons (Fsp3) is 0.263. The molecule has 0 saturated heterocycles. The number of methoxy groups -OCH3 is 2. The lowest BCUT2D eigenvalue weighted by Gasteiger charge is -2.12. The van der Waals surface area contributed by atoms with Crippen LogP contribution in [0.25, 0.3) is 10.9 Å². The van der Waals surface area contributed by atoms with Gasteiger partial charge >= 0.3 is 5.69 Å². The number of ether oxygens (including phenoxy) is 2. The van der Waals surface area contributed by atoms with Crippen LogP contribution in [0, 0.1) is 10.1 Å². The number of halogens is 1. The summed E-state index contributed by atoms with van der Waals surface area (Å²) in [6.45, 7) is 0.840. The van der Waals surface area contributed by atoms with E-state index in [1.54, 1.807) is 25.3 Å². The molecule has 9 nitrogen and oxygen atoms in total. The number of hydrogen-bond donors (Lipinski definition) is 1. The molecule has 0 amide bonds. The Morgan fingerprint density at radius 1 is 1.24 bits per heavy atom. The fourth-order valence-electron chi connectivity index (χ4n) is 3.56. The largest absolute Gasteiger partial charge is 0.496 e. The molecule has 0 unspecified atom stereocenters. The molecule has 1 aromatic carbocycles. The van der Waals surface area contributed by atoms with Gasteiger partial charge in [0.1, 0.15) is 22.2 Å². The molecular weight excluding hydrogens is 400 g/mol. The van der Waals surface area contributed by atoms with E-state index in [0.29, 0.717) is 41.1 Å². The van der Waals surface area contributed by atoms with Gasteiger partial charge < -0.3 is 14.8 Å². The minimum absolute atomic E-state index is 0.0993. The maximum absolute atomic E-state index is 12.8. The standard InChI is InChI=1S/C19H17ClN4O5/c1-28-14-3-4-15(29-2)16-12(14)8-10(17(20)22-16)7-11-9-13(24(26)27)18-21-5-6-23(18)19(11)25/h3-4,8-9,21H,5-7H2,1-2H3. The Hall–Kier alpha value is -3.33. The summed E-state index contributed by atoms with van der Waals surface area (Å²) in [5.74, 6) is 1.35. The topological polar surface area (TPSA) is 109 Å². The minimum Gasteiger partial charge on any atom is -0.496 e. The molecule has 29 heavy (non-hydrogen) atoms. The molecule has 2 aromatic heterocycles. The molecule has 0 atom stereocenters. The lowest BCUT2D eigenvalue weighted by atomic mass is 10.0. The van der Waals surface area contributed by atoms with Gasteiger partial charge in [0.15, 0.2) is 5.82 Å². The second-order valence-corrected chi connectivity index (χ2v) is 6.88. The van der Waals surface area contributed by atoms with Crippen LogP contribution in [-0.2, 0) is 13.0 Å². The number of hydrogen-bond acceptors (Lipinski definition) is 7. The number of pyridine rings is 2. The number of nitrogens with one attached hydrogen (secondary N) is 1. The molecule has 0 spiro atoms. The van der Waals surface area contributed by atoms with E-state index in [0.717, 1.165) is 0 Å². The maximum Gasteiger partial charge on any atom is 0.310 e. The van der Waals surface area contributed by atoms with Gasteiger partial charge in [-0.25, -0.2) is 4.98 Å². The molecule has 0 bridgehead atoms. The van der Waals surface area contributed by atoms with Crippen LogP contribution in [0.15, 0.2) is 29.1 Å². The van der Waals surface area contributed by atoms with Crippen LogP contribution in [0.2, 0.25) is 5.15 Å². The van der Waals surface area contributed by atoms with Gasteiger partial charge in [0.2, 0.25) is 0 Å². The third kappa shape index (κ3) is 3.13. The molecule has 0 radical (unpaired) electrons. The fourth-order valence-corrected chi connectivity index (χ4v) is 3.77. The molecule has 1 N–H and O–H groups in total. The summed E-state index contributed by atoms with van der Waals surface area (Å²) >= 11 is 6.39. The van der Waals surface area contributed by atoms with Gasteiger partial charge in [-0.05, 0) is 23.8 Å². The minimum atomic E-state index is -0.499. The van der Waals surface area contributed by atoms with Crippen molar-refractivity contribution in [3.8, 4) is 11.5 Å². The molecule has 0 fully saturated rings. The summed E-state index contributed by atoms with van der Waals surface area (Å²) < 4.78 is 12.1. The second-order valence-electron chi connectivity index (χ2n) is 6.53. The SMILES string of the molecule is COc1ccc(OC)c2nc(Cl)c(Cc3cc([N+](=O)[O-])c4n(c3=O)CCN4)cc12. The summed E-state index contributed by atoms with van der Waals surface area (Å²) in [5.41, 5.74) is 0.935. The molecule has 3 aromatic rings. The second kappa shape index (κ2) is 7.25. The van der Waals surface area contributed by atoms with E-state index in [-0.39, 0.29) is 34.2 Å². The van der Waals surface area contributed by atoms with Gasteiger partial charge in [0.25, 0.3) is 5.56 Å². The summed E-state index contributed by atoms with van der Waals surface area (Å²) in [4.78, 5) is 28.2. The van der Waals surface area contributed by atoms with Crippen molar-refractivity contribution >= 4 is 34.0 Å². The quantitative estimate of drug-likeness (QED) is 0.387. The summed E-state index contributed by atoms with van der Waals surface area (Å²) in [5, 5.41) is 15.2. The van der Waals surface area contributed by atoms with Crippen molar-refractivity contribution in [3.05, 3.63) is 61.0 Å². The van der Waals surface area contributed by atoms with Crippen molar-refractivity contribution < 1.29 is 14.4 Å². The van der Waals surface area contributed by atoms with Crippen molar-refractivity contribution in [1.29, 1.82) is 0 Å². The Morgan fingerprint density at radius 2 is 1.97 bits per heavy atom. The molecule has 1 aliphatic heterocycles. The molecule has 0 aliphatic carbocycles. The summed E-state index contributed by atoms with van der Waals surface area (Å²) in [6.07, 6.45) is 0.0993. The van der Waals surface area contributed by atoms with Crippen LogP contribution in [-0.4, -0.2) is 35.2 Å². The first kappa shape index (κ1) is 19.0. The van der Waals surface area contributed by atoms with E-state index in [9.17, 15) is 14.9 Å². The number of fused-ring (bicyclic) bond motifs is 2. The van der Waals surface area contributed by atoms with Crippen molar-refractivity contribution in [2.75, 3.05) is 26.1 Å². The Bertz CT molecular complexity index is 1210. The number of nitro groups is 1. The number of aromatic nitrogens is 2. The summed E-state index contributed by atoms with van der Waals surface area (Å²) in [6, 6.07) is 6.55. The Morgan fingerprint density at radius 3 is 2.66 bits per heavy atom. The number of benzene rings is 1. The van der Waals surface area contributed by atoms with Crippen LogP contribution in [0.4, 0.5) is 11.5 Å². The zero-order chi connectivity index (χ0) is 20.7. The van der Waals surface area contributed by atoms with Gasteiger partial charge in [-0.15, -0.1) is 0 Å². The Kier molecular flexibility index (Phi) is 4.75. The van der Waals surface area contributed by atoms with Crippen molar-refractivity contribution in [3.63, 3.8) is 0 Å². The molecule has 0 saturated carbocycles. The van der Waals surface area contributed by atoms with Crippen LogP contribution < -0.4 is 20.3 Å². The van der Waals surface area contributed by atoms with Gasteiger partial charge in [0.05, 0.1) is 19.1 Å². The molecule has 1 aliphatic rings. The smallest absolute Gasteiger partial charge is 0.310 e. The van der Waals surface area contributed by atoms with Crippen LogP contribution in [0.3, 0.4) is 0 Å². The van der Waals surface area contributed by atoms with Crippen LogP contribution in [0.1, 0.15) is 11.1 Å². The average Bonchev–Trinajstić information content (AvgIpc) is 3.19. The molecule has 150 valence electrons. The highest BCUT2D eigenvalue weighted by Crippen LogP contribution is 2.35. The zero-order valence-corrected chi connectivity index (χ0v) is 16.4. The highest BCUT2D eigenvalue weighted by atomic mass is 35.5. The van der Waals surface area contributed by atoms with Gasteiger partial charge in [0, 0.05) is 36.5 Å². The van der Waals surface area contributed by atoms with Gasteiger partial charge in [-0.2, -0.15) is 0 Å². The lowest BCUT2D eigenvalue weighted by molar-refractivity contribution is -0.384. The number of nitrogens with zero attached hydrogens (tertiary/aromatic N) is 3. The molecule has 10 heteroatoms. The predicted octanol–water partition coefficient (Wildman–Crippen LogP) is 2.99. The third-order valence-corrected chi connectivity index (χ3v) is 5.25. The van der Waals surface area contributed by atoms with Crippen LogP contribution in [0.5, 0.6) is 11.5 Å². The van der Waals surface area contributed by atoms with Crippen molar-refractivity contribution in [1.82, 2.24) is 9.55 Å². The van der Waals surface area contributed by atoms with E-state index < -0.39 is 4.92 Å². The zero-order valence-electron chi connectivity index (χ0n) is 15.7. The van der Waals surface area contributed by atoms with E-state index in [1.807, 2.05) is 0 Å². The Labute approximate surface area is 170 Å². The first-order valence-electron chi connectivity index (χ1n) is 8.79. The summed E-state index contributed by atoms with van der Waals surface area (Å²) in [7, 11) is 3.07. The highest BCUT2D eigenvalue weighted by Gasteiger charge is 2.26. The first-order valence-corrected chi connectivity index (χ1v) is 9.17. The highest BCUT2D eigenvalue weighted by molar-refractivity contribution is 6.30. The Balaban J connectivity index is 1.87. The number of rotatable bonds is 5. The van der Waals surface area contributed by atoms with Crippen molar-refractivity contribution in [2.45, 2.75) is 13.0 Å². The van der Waals surface area contributed by atoms with E-state index in [1.165, 1.54) is 17.7 Å². The van der Waals surface area contributed by atoms with E-state index >= 15 is 0 Å². The van der Waals surface area contributed by atoms with E-state index in [4.69, 9.17) is 21.1 Å². The molecule has 3 heterocycles. The van der Waals surface area contributed by atoms with E-state index in [2.05, 4.69) is 10.3 Å². The predicted molar refractivity (Wildman–Crippen MR) is 109 cm³/mol. The number of anilines is 1. The maximum atomic E-state index is 12.8. The van der Waals surface area contributed by atoms with Crippen LogP contribution >= 0.6 is 11.6 Å². The third-order valence-electron chi connectivity index (χ3n) is 4.92. The average molecular weight is 417 g/mol. The van der Waals surface area contributed by atoms with Gasteiger partial charge in [-0.1, -0.05) is 11.6 Å². The van der Waals surface area contributed by atoms with Crippen molar-refractivity contribution in [2.24, 2.45) is 0 Å². The first-order chi connectivity index (χ1) is 13.9. The molecule has 4 rings (SSSR count). The monoisotopic (exact) mass is 416 g/mol. The van der Waals surface area contributed by atoms with Gasteiger partial charge in [-0.3, -0.25) is 19.5 Å². The lowest BCUT2D eigenvalue weighted by Crippen LogP contribution is -2.23.